The molecule has 0 radical (unpaired) electrons. The Kier molecular flexibility index (Phi) is 18.0. The molecular formula is C55H70MgN4O5. The molecule has 8 bridgehead atoms. The van der Waals surface area contributed by atoms with Gasteiger partial charge in [-0.3, -0.25) is 14.4 Å². The van der Waals surface area contributed by atoms with Gasteiger partial charge in [0.05, 0.1) is 29.9 Å². The van der Waals surface area contributed by atoms with E-state index in [1.165, 1.54) is 57.6 Å². The van der Waals surface area contributed by atoms with Crippen LogP contribution in [-0.4, -0.2) is 64.5 Å². The number of nitrogens with zero attached hydrogens (tertiary/aromatic N) is 4. The fraction of sp³-hybridized carbons (Fsp3) is 0.509. The summed E-state index contributed by atoms with van der Waals surface area (Å²) in [7, 11) is 1.28. The normalized spacial score (nSPS) is 15.7. The molecule has 3 aromatic rings. The maximum absolute atomic E-state index is 14.3. The van der Waals surface area contributed by atoms with Gasteiger partial charge in [-0.25, -0.2) is 9.97 Å². The van der Waals surface area contributed by atoms with Crippen molar-refractivity contribution in [3.63, 3.8) is 0 Å². The van der Waals surface area contributed by atoms with Crippen molar-refractivity contribution in [2.24, 2.45) is 17.8 Å². The third kappa shape index (κ3) is 11.5. The van der Waals surface area contributed by atoms with Crippen LogP contribution in [-0.2, 0) is 36.7 Å². The number of aryl methyl sites for hydroxylation is 4. The number of hydrogen-bond acceptors (Lipinski definition) is 7. The number of ether oxygens (including phenoxy) is 2. The van der Waals surface area contributed by atoms with Crippen molar-refractivity contribution in [1.29, 1.82) is 0 Å². The molecule has 0 spiro atoms. The van der Waals surface area contributed by atoms with Crippen LogP contribution in [0.15, 0.2) is 42.5 Å². The first-order valence-corrected chi connectivity index (χ1v) is 23.7. The predicted molar refractivity (Wildman–Crippen MR) is 266 cm³/mol. The second-order valence-electron chi connectivity index (χ2n) is 19.0. The van der Waals surface area contributed by atoms with Gasteiger partial charge in [-0.1, -0.05) is 138 Å². The fourth-order valence-corrected chi connectivity index (χ4v) is 9.70. The van der Waals surface area contributed by atoms with Crippen LogP contribution in [0.25, 0.3) is 44.4 Å². The van der Waals surface area contributed by atoms with E-state index >= 15 is 0 Å². The maximum atomic E-state index is 14.3. The number of carbonyl (C=O) groups is 3. The SMILES string of the molecule is C=CC1=C(C)c2cc3[n-]c(c(CCC(=O)OC/C=C(\C)CCC[C@H](C)CCC[C@H](C)CCCC(C)C)c3C)c3c4nc(cc5[n-]c(cc1n2)c(C)c5CC)C(C)=C4C(=O)[C@@H]3C(=O)OC.[Mg+2]. The van der Waals surface area contributed by atoms with Gasteiger partial charge in [-0.05, 0) is 101 Å². The molecule has 342 valence electrons. The minimum absolute atomic E-state index is 0. The summed E-state index contributed by atoms with van der Waals surface area (Å²) < 4.78 is 11.0. The molecule has 9 nitrogen and oxygen atoms in total. The Morgan fingerprint density at radius 1 is 0.800 bits per heavy atom. The number of esters is 2. The Balaban J connectivity index is 0.00000793. The molecule has 65 heavy (non-hydrogen) atoms. The molecule has 10 heteroatoms. The molecule has 2 aliphatic heterocycles. The van der Waals surface area contributed by atoms with Gasteiger partial charge in [0.15, 0.2) is 5.78 Å². The number of ketones is 1. The van der Waals surface area contributed by atoms with Crippen LogP contribution in [0.5, 0.6) is 0 Å². The number of fused-ring (bicyclic) bond motifs is 8. The number of rotatable bonds is 20. The van der Waals surface area contributed by atoms with Gasteiger partial charge < -0.3 is 19.4 Å². The second kappa shape index (κ2) is 22.8. The molecule has 0 saturated carbocycles. The van der Waals surface area contributed by atoms with E-state index in [9.17, 15) is 14.4 Å². The van der Waals surface area contributed by atoms with Gasteiger partial charge in [0, 0.05) is 17.6 Å². The zero-order valence-corrected chi connectivity index (χ0v) is 42.5. The van der Waals surface area contributed by atoms with Gasteiger partial charge >= 0.3 is 35.0 Å². The summed E-state index contributed by atoms with van der Waals surface area (Å²) in [5.41, 5.74) is 13.3. The molecule has 0 amide bonds. The van der Waals surface area contributed by atoms with E-state index in [2.05, 4.69) is 55.0 Å². The van der Waals surface area contributed by atoms with Gasteiger partial charge in [-0.2, -0.15) is 0 Å². The number of carbonyl (C=O) groups excluding carboxylic acids is 3. The van der Waals surface area contributed by atoms with Crippen LogP contribution in [0.3, 0.4) is 0 Å². The van der Waals surface area contributed by atoms with Crippen molar-refractivity contribution in [1.82, 2.24) is 19.9 Å². The third-order valence-electron chi connectivity index (χ3n) is 13.8. The van der Waals surface area contributed by atoms with E-state index in [-0.39, 0.29) is 54.3 Å². The molecule has 0 fully saturated rings. The summed E-state index contributed by atoms with van der Waals surface area (Å²) in [6.07, 6.45) is 16.2. The molecule has 0 N–H and O–H groups in total. The second-order valence-corrected chi connectivity index (χ2v) is 19.0. The average molecular weight is 891 g/mol. The van der Waals surface area contributed by atoms with Crippen molar-refractivity contribution < 1.29 is 23.9 Å². The summed E-state index contributed by atoms with van der Waals surface area (Å²) in [4.78, 5) is 61.7. The smallest absolute Gasteiger partial charge is 0.657 e. The molecule has 3 atom stereocenters. The van der Waals surface area contributed by atoms with Gasteiger partial charge in [-0.15, -0.1) is 22.1 Å². The largest absolute Gasteiger partial charge is 2.00 e. The zero-order valence-electron chi connectivity index (χ0n) is 41.1. The minimum Gasteiger partial charge on any atom is -0.657 e. The molecule has 0 unspecified atom stereocenters. The van der Waals surface area contributed by atoms with Crippen LogP contribution in [0.1, 0.15) is 176 Å². The Morgan fingerprint density at radius 2 is 1.40 bits per heavy atom. The zero-order chi connectivity index (χ0) is 46.4. The molecular weight excluding hydrogens is 821 g/mol. The average Bonchev–Trinajstić information content (AvgIpc) is 3.99. The first-order valence-electron chi connectivity index (χ1n) is 23.7. The van der Waals surface area contributed by atoms with E-state index in [0.717, 1.165) is 86.9 Å². The van der Waals surface area contributed by atoms with Crippen molar-refractivity contribution in [3.05, 3.63) is 93.1 Å². The molecule has 1 aliphatic carbocycles. The Hall–Kier alpha value is -4.54. The topological polar surface area (TPSA) is 124 Å². The van der Waals surface area contributed by atoms with Gasteiger partial charge in [0.2, 0.25) is 0 Å². The van der Waals surface area contributed by atoms with Crippen LogP contribution in [0.4, 0.5) is 0 Å². The van der Waals surface area contributed by atoms with Crippen LogP contribution < -0.4 is 9.97 Å². The molecule has 3 aromatic heterocycles. The molecule has 3 aliphatic rings. The van der Waals surface area contributed by atoms with Crippen LogP contribution in [0.2, 0.25) is 0 Å². The fourth-order valence-electron chi connectivity index (χ4n) is 9.70. The third-order valence-corrected chi connectivity index (χ3v) is 13.8. The van der Waals surface area contributed by atoms with E-state index < -0.39 is 11.9 Å². The van der Waals surface area contributed by atoms with E-state index in [1.807, 2.05) is 51.1 Å². The Morgan fingerprint density at radius 3 is 2.05 bits per heavy atom. The first-order chi connectivity index (χ1) is 30.6. The number of methoxy groups -OCH3 is 1. The molecule has 0 aromatic carbocycles. The molecule has 0 saturated heterocycles. The number of allylic oxidation sites excluding steroid dienone is 6. The summed E-state index contributed by atoms with van der Waals surface area (Å²) in [6, 6.07) is 5.86. The summed E-state index contributed by atoms with van der Waals surface area (Å²) >= 11 is 0. The van der Waals surface area contributed by atoms with E-state index in [0.29, 0.717) is 45.0 Å². The van der Waals surface area contributed by atoms with Crippen LogP contribution >= 0.6 is 0 Å². The quantitative estimate of drug-likeness (QED) is 0.0472. The van der Waals surface area contributed by atoms with Crippen molar-refractivity contribution in [2.75, 3.05) is 13.7 Å². The van der Waals surface area contributed by atoms with Crippen molar-refractivity contribution in [3.8, 4) is 0 Å². The summed E-state index contributed by atoms with van der Waals surface area (Å²) in [6.45, 7) is 25.8. The van der Waals surface area contributed by atoms with Crippen molar-refractivity contribution >= 4 is 85.1 Å². The number of hydrogen-bond donors (Lipinski definition) is 0. The molecule has 5 heterocycles. The summed E-state index contributed by atoms with van der Waals surface area (Å²) in [5, 5.41) is 0. The minimum atomic E-state index is -1.25. The van der Waals surface area contributed by atoms with Crippen LogP contribution in [0, 0.1) is 31.6 Å². The number of aromatic nitrogens is 4. The number of Topliss-reactive ketones (excluding diaryl/α,β-unsaturated/α-hetero) is 1. The maximum Gasteiger partial charge on any atom is 2.00 e. The Labute approximate surface area is 403 Å². The molecule has 6 rings (SSSR count). The van der Waals surface area contributed by atoms with Gasteiger partial charge in [0.1, 0.15) is 12.5 Å². The summed E-state index contributed by atoms with van der Waals surface area (Å²) in [5.74, 6) is -0.331. The monoisotopic (exact) mass is 891 g/mol. The van der Waals surface area contributed by atoms with E-state index in [1.54, 1.807) is 0 Å². The van der Waals surface area contributed by atoms with E-state index in [4.69, 9.17) is 29.4 Å². The van der Waals surface area contributed by atoms with Crippen molar-refractivity contribution in [2.45, 2.75) is 152 Å². The van der Waals surface area contributed by atoms with Gasteiger partial charge in [0.25, 0.3) is 0 Å². The first kappa shape index (κ1) is 51.4. The standard InChI is InChI=1S/C55H71N4O5.Mg/c1-13-39-35(8)42-28-44-37(10)41(24-25-48(60)64-27-26-34(7)23-17-22-33(6)21-16-20-32(5)19-15-18-31(3)4)52(58-44)50-51(55(62)63-12)54(61)49-38(11)45(59-53(49)50)30-47-40(14-2)36(9)43(57-47)29-46(39)56-42;/h13,26,28-33,51H,1,14-25,27H2,2-12H3,(H-,56,57,58,59,61);/q-1;+2/p-1/b34-26+,42-28?,43-29?,44-28?,45-30?,46-29?,47-30?,52-50?;/t32-,33-,51-;/m1./s1. The Bertz CT molecular complexity index is 2570. The predicted octanol–water partition coefficient (Wildman–Crippen LogP) is 12.1.